The molecule has 0 atom stereocenters. The van der Waals surface area contributed by atoms with Crippen LogP contribution in [0, 0.1) is 0 Å². The summed E-state index contributed by atoms with van der Waals surface area (Å²) in [4.78, 5) is 13.5. The van der Waals surface area contributed by atoms with Crippen molar-refractivity contribution in [1.82, 2.24) is 0 Å². The van der Waals surface area contributed by atoms with E-state index in [1.807, 2.05) is 18.2 Å². The molecule has 23 heavy (non-hydrogen) atoms. The van der Waals surface area contributed by atoms with E-state index in [4.69, 9.17) is 4.74 Å². The van der Waals surface area contributed by atoms with Gasteiger partial charge in [-0.1, -0.05) is 42.5 Å². The van der Waals surface area contributed by atoms with Crippen molar-refractivity contribution >= 4 is 28.4 Å². The number of nitrogens with one attached hydrogen (secondary N) is 1. The zero-order valence-electron chi connectivity index (χ0n) is 13.3. The lowest BCUT2D eigenvalue weighted by Gasteiger charge is -2.11. The van der Waals surface area contributed by atoms with Crippen LogP contribution in [0.2, 0.25) is 0 Å². The number of anilines is 1. The van der Waals surface area contributed by atoms with Crippen LogP contribution in [0.5, 0.6) is 0 Å². The molecule has 1 heterocycles. The first-order valence-corrected chi connectivity index (χ1v) is 8.79. The Balaban J connectivity index is 1.73. The molecule has 1 aliphatic carbocycles. The van der Waals surface area contributed by atoms with E-state index in [1.165, 1.54) is 29.5 Å². The Hall–Kier alpha value is -2.07. The summed E-state index contributed by atoms with van der Waals surface area (Å²) in [6.45, 7) is 0.693. The molecule has 0 unspecified atom stereocenters. The molecule has 0 fully saturated rings. The summed E-state index contributed by atoms with van der Waals surface area (Å²) in [5.74, 6) is -0.223. The second-order valence-corrected chi connectivity index (χ2v) is 6.71. The lowest BCUT2D eigenvalue weighted by atomic mass is 9.95. The Kier molecular flexibility index (Phi) is 5.13. The van der Waals surface area contributed by atoms with E-state index in [0.717, 1.165) is 29.8 Å². The van der Waals surface area contributed by atoms with Crippen molar-refractivity contribution in [1.29, 1.82) is 0 Å². The van der Waals surface area contributed by atoms with Crippen molar-refractivity contribution in [2.24, 2.45) is 0 Å². The third-order valence-electron chi connectivity index (χ3n) is 4.05. The molecule has 0 bridgehead atoms. The summed E-state index contributed by atoms with van der Waals surface area (Å²) in [5, 5.41) is 4.33. The zero-order chi connectivity index (χ0) is 16.1. The number of aryl methyl sites for hydroxylation is 1. The van der Waals surface area contributed by atoms with Gasteiger partial charge in [-0.25, -0.2) is 4.79 Å². The monoisotopic (exact) mass is 327 g/mol. The van der Waals surface area contributed by atoms with Gasteiger partial charge in [0.15, 0.2) is 0 Å². The number of benzene rings is 1. The smallest absolute Gasteiger partial charge is 0.341 e. The van der Waals surface area contributed by atoms with E-state index < -0.39 is 0 Å². The van der Waals surface area contributed by atoms with Gasteiger partial charge in [0.2, 0.25) is 0 Å². The Bertz CT molecular complexity index is 704. The number of carbonyl (C=O) groups excluding carboxylic acids is 1. The molecule has 1 aromatic carbocycles. The summed E-state index contributed by atoms with van der Waals surface area (Å²) in [5.41, 5.74) is 3.12. The van der Waals surface area contributed by atoms with Gasteiger partial charge in [-0.2, -0.15) is 0 Å². The number of thiophene rings is 1. The number of fused-ring (bicyclic) bond motifs is 1. The molecule has 0 radical (unpaired) electrons. The number of methoxy groups -OCH3 is 1. The SMILES string of the molecule is COC(=O)c1c(NC/C=C/c2ccccc2)sc2c1CCCC2. The molecule has 1 aliphatic rings. The topological polar surface area (TPSA) is 38.3 Å². The number of hydrogen-bond acceptors (Lipinski definition) is 4. The van der Waals surface area contributed by atoms with Crippen LogP contribution in [0.3, 0.4) is 0 Å². The van der Waals surface area contributed by atoms with Gasteiger partial charge in [0.05, 0.1) is 12.7 Å². The van der Waals surface area contributed by atoms with E-state index in [1.54, 1.807) is 11.3 Å². The van der Waals surface area contributed by atoms with Crippen molar-refractivity contribution in [3.05, 3.63) is 58.0 Å². The molecule has 3 rings (SSSR count). The minimum atomic E-state index is -0.223. The number of carbonyl (C=O) groups is 1. The quantitative estimate of drug-likeness (QED) is 0.820. The predicted molar refractivity (Wildman–Crippen MR) is 96.3 cm³/mol. The Morgan fingerprint density at radius 2 is 2.04 bits per heavy atom. The number of ether oxygens (including phenoxy) is 1. The van der Waals surface area contributed by atoms with Crippen molar-refractivity contribution in [2.75, 3.05) is 19.0 Å². The number of hydrogen-bond donors (Lipinski definition) is 1. The van der Waals surface area contributed by atoms with Gasteiger partial charge in [0, 0.05) is 11.4 Å². The van der Waals surface area contributed by atoms with E-state index in [9.17, 15) is 4.79 Å². The first-order valence-electron chi connectivity index (χ1n) is 7.98. The minimum absolute atomic E-state index is 0.223. The van der Waals surface area contributed by atoms with Gasteiger partial charge in [-0.05, 0) is 36.8 Å². The maximum Gasteiger partial charge on any atom is 0.341 e. The third kappa shape index (κ3) is 3.64. The summed E-state index contributed by atoms with van der Waals surface area (Å²) < 4.78 is 4.99. The van der Waals surface area contributed by atoms with Crippen LogP contribution in [0.4, 0.5) is 5.00 Å². The Morgan fingerprint density at radius 3 is 2.83 bits per heavy atom. The van der Waals surface area contributed by atoms with Crippen LogP contribution in [-0.4, -0.2) is 19.6 Å². The molecule has 4 heteroatoms. The summed E-state index contributed by atoms with van der Waals surface area (Å²) in [7, 11) is 1.45. The molecule has 0 saturated heterocycles. The van der Waals surface area contributed by atoms with E-state index in [0.29, 0.717) is 6.54 Å². The van der Waals surface area contributed by atoms with Crippen LogP contribution in [0.1, 0.15) is 39.2 Å². The van der Waals surface area contributed by atoms with Gasteiger partial charge < -0.3 is 10.1 Å². The normalized spacial score (nSPS) is 13.8. The van der Waals surface area contributed by atoms with Crippen LogP contribution in [0.25, 0.3) is 6.08 Å². The van der Waals surface area contributed by atoms with Crippen molar-refractivity contribution in [3.8, 4) is 0 Å². The zero-order valence-corrected chi connectivity index (χ0v) is 14.1. The van der Waals surface area contributed by atoms with Crippen LogP contribution < -0.4 is 5.32 Å². The molecule has 3 nitrogen and oxygen atoms in total. The molecule has 2 aromatic rings. The molecule has 0 amide bonds. The van der Waals surface area contributed by atoms with E-state index in [-0.39, 0.29) is 5.97 Å². The Morgan fingerprint density at radius 1 is 1.26 bits per heavy atom. The first kappa shape index (κ1) is 15.8. The highest BCUT2D eigenvalue weighted by Crippen LogP contribution is 2.38. The standard InChI is InChI=1S/C19H21NO2S/c1-22-19(21)17-15-11-5-6-12-16(15)23-18(17)20-13-7-10-14-8-3-2-4-9-14/h2-4,7-10,20H,5-6,11-13H2,1H3/b10-7+. The summed E-state index contributed by atoms with van der Waals surface area (Å²) >= 11 is 1.71. The van der Waals surface area contributed by atoms with Crippen molar-refractivity contribution < 1.29 is 9.53 Å². The first-order chi connectivity index (χ1) is 11.3. The highest BCUT2D eigenvalue weighted by Gasteiger charge is 2.25. The van der Waals surface area contributed by atoms with Crippen molar-refractivity contribution in [2.45, 2.75) is 25.7 Å². The van der Waals surface area contributed by atoms with Crippen LogP contribution in [0.15, 0.2) is 36.4 Å². The van der Waals surface area contributed by atoms with Gasteiger partial charge in [0.1, 0.15) is 5.00 Å². The average Bonchev–Trinajstić information content (AvgIpc) is 2.97. The molecular weight excluding hydrogens is 306 g/mol. The second-order valence-electron chi connectivity index (χ2n) is 5.60. The highest BCUT2D eigenvalue weighted by molar-refractivity contribution is 7.16. The summed E-state index contributed by atoms with van der Waals surface area (Å²) in [6.07, 6.45) is 8.58. The molecule has 0 spiro atoms. The molecule has 1 aromatic heterocycles. The van der Waals surface area contributed by atoms with Crippen LogP contribution >= 0.6 is 11.3 Å². The molecule has 120 valence electrons. The minimum Gasteiger partial charge on any atom is -0.465 e. The lowest BCUT2D eigenvalue weighted by Crippen LogP contribution is -2.10. The van der Waals surface area contributed by atoms with Gasteiger partial charge in [-0.3, -0.25) is 0 Å². The maximum absolute atomic E-state index is 12.1. The number of esters is 1. The average molecular weight is 327 g/mol. The fraction of sp³-hybridized carbons (Fsp3) is 0.316. The predicted octanol–water partition coefficient (Wildman–Crippen LogP) is 4.54. The molecule has 0 saturated carbocycles. The maximum atomic E-state index is 12.1. The fourth-order valence-corrected chi connectivity index (χ4v) is 4.20. The third-order valence-corrected chi connectivity index (χ3v) is 5.30. The van der Waals surface area contributed by atoms with Gasteiger partial charge >= 0.3 is 5.97 Å². The van der Waals surface area contributed by atoms with E-state index in [2.05, 4.69) is 29.6 Å². The molecule has 1 N–H and O–H groups in total. The molecule has 0 aliphatic heterocycles. The lowest BCUT2D eigenvalue weighted by molar-refractivity contribution is 0.0601. The van der Waals surface area contributed by atoms with Gasteiger partial charge in [0.25, 0.3) is 0 Å². The van der Waals surface area contributed by atoms with Gasteiger partial charge in [-0.15, -0.1) is 11.3 Å². The highest BCUT2D eigenvalue weighted by atomic mass is 32.1. The number of rotatable bonds is 5. The van der Waals surface area contributed by atoms with Crippen molar-refractivity contribution in [3.63, 3.8) is 0 Å². The Labute approximate surface area is 141 Å². The largest absolute Gasteiger partial charge is 0.465 e. The van der Waals surface area contributed by atoms with E-state index >= 15 is 0 Å². The van der Waals surface area contributed by atoms with Crippen LogP contribution in [-0.2, 0) is 17.6 Å². The fourth-order valence-electron chi connectivity index (χ4n) is 2.92. The molecular formula is C19H21NO2S. The summed E-state index contributed by atoms with van der Waals surface area (Å²) in [6, 6.07) is 10.2. The second kappa shape index (κ2) is 7.47.